The van der Waals surface area contributed by atoms with E-state index in [2.05, 4.69) is 62.2 Å². The zero-order valence-corrected chi connectivity index (χ0v) is 23.5. The fourth-order valence-electron chi connectivity index (χ4n) is 4.27. The molecule has 2 aromatic rings. The Bertz CT molecular complexity index is 1070. The van der Waals surface area contributed by atoms with Crippen LogP contribution < -0.4 is 10.9 Å². The number of ether oxygens (including phenoxy) is 1. The lowest BCUT2D eigenvalue weighted by molar-refractivity contribution is -0.120. The number of hydrogen-bond acceptors (Lipinski definition) is 6. The molecule has 1 aliphatic rings. The molecule has 7 nitrogen and oxygen atoms in total. The van der Waals surface area contributed by atoms with Crippen LogP contribution in [0.5, 0.6) is 0 Å². The Morgan fingerprint density at radius 2 is 1.86 bits per heavy atom. The summed E-state index contributed by atoms with van der Waals surface area (Å²) in [6.45, 7) is 15.3. The van der Waals surface area contributed by atoms with Crippen LogP contribution in [0, 0.1) is 6.92 Å². The second-order valence-corrected chi connectivity index (χ2v) is 11.8. The van der Waals surface area contributed by atoms with Gasteiger partial charge in [0.15, 0.2) is 5.16 Å². The molecular weight excluding hydrogens is 472 g/mol. The number of aryl methyl sites for hydroxylation is 1. The Labute approximate surface area is 220 Å². The van der Waals surface area contributed by atoms with Gasteiger partial charge in [-0.05, 0) is 29.9 Å². The molecule has 1 fully saturated rings. The molecule has 1 aromatic carbocycles. The van der Waals surface area contributed by atoms with E-state index in [4.69, 9.17) is 9.72 Å². The Morgan fingerprint density at radius 3 is 2.47 bits per heavy atom. The van der Waals surface area contributed by atoms with Gasteiger partial charge >= 0.3 is 0 Å². The molecule has 1 unspecified atom stereocenters. The maximum absolute atomic E-state index is 13.3. The number of carbonyl (C=O) groups excluding carboxylic acids is 1. The highest BCUT2D eigenvalue weighted by atomic mass is 32.2. The van der Waals surface area contributed by atoms with Crippen LogP contribution in [0.1, 0.15) is 62.9 Å². The molecule has 1 saturated heterocycles. The van der Waals surface area contributed by atoms with Crippen molar-refractivity contribution in [3.05, 3.63) is 57.0 Å². The van der Waals surface area contributed by atoms with Crippen LogP contribution in [0.4, 0.5) is 0 Å². The zero-order chi connectivity index (χ0) is 26.3. The number of morpholine rings is 1. The van der Waals surface area contributed by atoms with Crippen molar-refractivity contribution < 1.29 is 9.53 Å². The van der Waals surface area contributed by atoms with Crippen LogP contribution in [-0.4, -0.2) is 65.0 Å². The van der Waals surface area contributed by atoms with Gasteiger partial charge in [-0.2, -0.15) is 0 Å². The van der Waals surface area contributed by atoms with Crippen molar-refractivity contribution in [2.24, 2.45) is 7.05 Å². The number of benzene rings is 1. The standard InChI is InChI=1S/C28H42N4O3S/c1-7-8-24(25(33)29-13-14-32-15-17-35-18-16-32)36-27-30-20(2)23(26(34)31(27)6)19-21-9-11-22(12-10-21)28(3,4)5/h9-12,24H,7-8,13-19H2,1-6H3,(H,29,33). The summed E-state index contributed by atoms with van der Waals surface area (Å²) in [4.78, 5) is 33.3. The first-order chi connectivity index (χ1) is 17.1. The van der Waals surface area contributed by atoms with E-state index in [0.29, 0.717) is 23.7 Å². The van der Waals surface area contributed by atoms with E-state index in [1.54, 1.807) is 11.6 Å². The second-order valence-electron chi connectivity index (χ2n) is 10.6. The molecule has 198 valence electrons. The first-order valence-corrected chi connectivity index (χ1v) is 13.9. The maximum Gasteiger partial charge on any atom is 0.257 e. The second kappa shape index (κ2) is 12.9. The van der Waals surface area contributed by atoms with Crippen molar-refractivity contribution in [1.82, 2.24) is 19.8 Å². The number of thioether (sulfide) groups is 1. The molecule has 1 atom stereocenters. The van der Waals surface area contributed by atoms with Crippen molar-refractivity contribution in [2.75, 3.05) is 39.4 Å². The molecule has 0 aliphatic carbocycles. The molecule has 3 rings (SSSR count). The molecule has 0 spiro atoms. The number of nitrogens with one attached hydrogen (secondary N) is 1. The number of hydrogen-bond donors (Lipinski definition) is 1. The fraction of sp³-hybridized carbons (Fsp3) is 0.607. The average Bonchev–Trinajstić information content (AvgIpc) is 2.85. The molecule has 2 heterocycles. The normalized spacial score (nSPS) is 15.6. The summed E-state index contributed by atoms with van der Waals surface area (Å²) < 4.78 is 6.98. The molecular formula is C28H42N4O3S. The van der Waals surface area contributed by atoms with Gasteiger partial charge < -0.3 is 10.1 Å². The van der Waals surface area contributed by atoms with E-state index in [0.717, 1.165) is 56.9 Å². The summed E-state index contributed by atoms with van der Waals surface area (Å²) in [5.74, 6) is 0.00465. The third kappa shape index (κ3) is 7.67. The minimum Gasteiger partial charge on any atom is -0.379 e. The fourth-order valence-corrected chi connectivity index (χ4v) is 5.50. The van der Waals surface area contributed by atoms with Gasteiger partial charge in [-0.3, -0.25) is 19.1 Å². The van der Waals surface area contributed by atoms with Gasteiger partial charge in [-0.15, -0.1) is 0 Å². The number of aromatic nitrogens is 2. The van der Waals surface area contributed by atoms with Gasteiger partial charge in [-0.1, -0.05) is 70.1 Å². The summed E-state index contributed by atoms with van der Waals surface area (Å²) in [5, 5.41) is 3.39. The number of carbonyl (C=O) groups is 1. The summed E-state index contributed by atoms with van der Waals surface area (Å²) in [7, 11) is 1.75. The lowest BCUT2D eigenvalue weighted by Crippen LogP contribution is -2.43. The van der Waals surface area contributed by atoms with Crippen molar-refractivity contribution in [2.45, 2.75) is 69.7 Å². The first kappa shape index (κ1) is 28.4. The van der Waals surface area contributed by atoms with E-state index in [1.807, 2.05) is 6.92 Å². The van der Waals surface area contributed by atoms with Crippen molar-refractivity contribution in [3.63, 3.8) is 0 Å². The summed E-state index contributed by atoms with van der Waals surface area (Å²) in [6.07, 6.45) is 2.15. The third-order valence-corrected chi connectivity index (χ3v) is 7.98. The van der Waals surface area contributed by atoms with Crippen LogP contribution in [0.2, 0.25) is 0 Å². The van der Waals surface area contributed by atoms with Crippen LogP contribution in [0.25, 0.3) is 0 Å². The molecule has 0 saturated carbocycles. The van der Waals surface area contributed by atoms with Gasteiger partial charge in [0.05, 0.1) is 18.5 Å². The molecule has 1 amide bonds. The predicted octanol–water partition coefficient (Wildman–Crippen LogP) is 3.69. The Balaban J connectivity index is 1.68. The Hall–Kier alpha value is -2.16. The molecule has 1 aromatic heterocycles. The van der Waals surface area contributed by atoms with Gasteiger partial charge in [0.2, 0.25) is 5.91 Å². The Morgan fingerprint density at radius 1 is 1.19 bits per heavy atom. The van der Waals surface area contributed by atoms with E-state index < -0.39 is 0 Å². The SMILES string of the molecule is CCCC(Sc1nc(C)c(Cc2ccc(C(C)(C)C)cc2)c(=O)n1C)C(=O)NCCN1CCOCC1. The molecule has 1 aliphatic heterocycles. The molecule has 36 heavy (non-hydrogen) atoms. The van der Waals surface area contributed by atoms with Gasteiger partial charge in [0.1, 0.15) is 0 Å². The number of nitrogens with zero attached hydrogens (tertiary/aromatic N) is 3. The van der Waals surface area contributed by atoms with Gasteiger partial charge in [-0.25, -0.2) is 4.98 Å². The number of amides is 1. The molecule has 0 bridgehead atoms. The zero-order valence-electron chi connectivity index (χ0n) is 22.7. The smallest absolute Gasteiger partial charge is 0.257 e. The molecule has 1 N–H and O–H groups in total. The van der Waals surface area contributed by atoms with E-state index in [1.165, 1.54) is 17.3 Å². The Kier molecular flexibility index (Phi) is 10.2. The van der Waals surface area contributed by atoms with Gasteiger partial charge in [0.25, 0.3) is 5.56 Å². The summed E-state index contributed by atoms with van der Waals surface area (Å²) in [6, 6.07) is 8.47. The third-order valence-electron chi connectivity index (χ3n) is 6.67. The van der Waals surface area contributed by atoms with Crippen molar-refractivity contribution in [3.8, 4) is 0 Å². The lowest BCUT2D eigenvalue weighted by atomic mass is 9.86. The molecule has 8 heteroatoms. The molecule has 0 radical (unpaired) electrons. The van der Waals surface area contributed by atoms with Crippen LogP contribution in [-0.2, 0) is 28.4 Å². The topological polar surface area (TPSA) is 76.5 Å². The van der Waals surface area contributed by atoms with Gasteiger partial charge in [0, 0.05) is 50.9 Å². The van der Waals surface area contributed by atoms with E-state index >= 15 is 0 Å². The predicted molar refractivity (Wildman–Crippen MR) is 147 cm³/mol. The summed E-state index contributed by atoms with van der Waals surface area (Å²) >= 11 is 1.39. The highest BCUT2D eigenvalue weighted by Gasteiger charge is 2.23. The monoisotopic (exact) mass is 514 g/mol. The minimum atomic E-state index is -0.284. The van der Waals surface area contributed by atoms with Crippen LogP contribution >= 0.6 is 11.8 Å². The first-order valence-electron chi connectivity index (χ1n) is 13.0. The van der Waals surface area contributed by atoms with Crippen LogP contribution in [0.15, 0.2) is 34.2 Å². The maximum atomic E-state index is 13.3. The highest BCUT2D eigenvalue weighted by molar-refractivity contribution is 8.00. The summed E-state index contributed by atoms with van der Waals surface area (Å²) in [5.41, 5.74) is 3.83. The quantitative estimate of drug-likeness (QED) is 0.385. The number of rotatable bonds is 10. The van der Waals surface area contributed by atoms with Crippen molar-refractivity contribution in [1.29, 1.82) is 0 Å². The van der Waals surface area contributed by atoms with Crippen molar-refractivity contribution >= 4 is 17.7 Å². The highest BCUT2D eigenvalue weighted by Crippen LogP contribution is 2.26. The average molecular weight is 515 g/mol. The largest absolute Gasteiger partial charge is 0.379 e. The van der Waals surface area contributed by atoms with E-state index in [-0.39, 0.29) is 22.1 Å². The van der Waals surface area contributed by atoms with E-state index in [9.17, 15) is 9.59 Å². The lowest BCUT2D eigenvalue weighted by Gasteiger charge is -2.26. The minimum absolute atomic E-state index is 0.00465. The van der Waals surface area contributed by atoms with Crippen LogP contribution in [0.3, 0.4) is 0 Å².